The van der Waals surface area contributed by atoms with Crippen molar-refractivity contribution in [3.8, 4) is 11.1 Å². The number of aromatic nitrogens is 1. The number of hydroxylamine groups is 1. The maximum Gasteiger partial charge on any atom is 0.246 e. The lowest BCUT2D eigenvalue weighted by atomic mass is 9.82. The highest BCUT2D eigenvalue weighted by Crippen LogP contribution is 2.30. The average molecular weight is 337 g/mol. The highest BCUT2D eigenvalue weighted by molar-refractivity contribution is 5.78. The van der Waals surface area contributed by atoms with Gasteiger partial charge in [-0.25, -0.2) is 10.5 Å². The molecule has 4 rings (SSSR count). The van der Waals surface area contributed by atoms with Gasteiger partial charge in [-0.15, -0.1) is 0 Å². The highest BCUT2D eigenvalue weighted by Gasteiger charge is 2.24. The van der Waals surface area contributed by atoms with E-state index in [1.807, 2.05) is 6.20 Å². The number of carbonyl (C=O) groups is 1. The number of rotatable bonds is 3. The maximum atomic E-state index is 11.7. The number of hydrogen-bond acceptors (Lipinski definition) is 4. The zero-order chi connectivity index (χ0) is 17.2. The van der Waals surface area contributed by atoms with Crippen molar-refractivity contribution in [2.45, 2.75) is 32.1 Å². The molecule has 1 aliphatic carbocycles. The number of amides is 1. The summed E-state index contributed by atoms with van der Waals surface area (Å²) in [6, 6.07) is 10.7. The molecule has 1 amide bonds. The molecule has 1 fully saturated rings. The summed E-state index contributed by atoms with van der Waals surface area (Å²) < 4.78 is 0. The van der Waals surface area contributed by atoms with Crippen LogP contribution in [0.5, 0.6) is 0 Å². The zero-order valence-corrected chi connectivity index (χ0v) is 14.2. The Morgan fingerprint density at radius 1 is 1.12 bits per heavy atom. The Hall–Kier alpha value is -2.40. The molecule has 1 aliphatic heterocycles. The Labute approximate surface area is 147 Å². The standard InChI is InChI=1S/C20H23N3O2/c24-20(22-25)16-6-4-14-3-5-15(11-18(14)12-16)17-7-8-19(21-13-17)23-9-1-2-10-23/h3,5,7-8,11,13,16,25H,1-2,4,6,9-10,12H2,(H,22,24). The van der Waals surface area contributed by atoms with E-state index < -0.39 is 0 Å². The van der Waals surface area contributed by atoms with E-state index in [0.717, 1.165) is 42.9 Å². The van der Waals surface area contributed by atoms with Gasteiger partial charge in [0.25, 0.3) is 0 Å². The SMILES string of the molecule is O=C(NO)C1CCc2ccc(-c3ccc(N4CCCC4)nc3)cc2C1. The molecule has 2 N–H and O–H groups in total. The summed E-state index contributed by atoms with van der Waals surface area (Å²) in [6.45, 7) is 2.19. The maximum absolute atomic E-state index is 11.7. The van der Waals surface area contributed by atoms with E-state index in [1.54, 1.807) is 5.48 Å². The number of anilines is 1. The van der Waals surface area contributed by atoms with Gasteiger partial charge >= 0.3 is 0 Å². The summed E-state index contributed by atoms with van der Waals surface area (Å²) in [5.41, 5.74) is 6.51. The summed E-state index contributed by atoms with van der Waals surface area (Å²) in [6.07, 6.45) is 6.77. The van der Waals surface area contributed by atoms with Crippen LogP contribution < -0.4 is 10.4 Å². The summed E-state index contributed by atoms with van der Waals surface area (Å²) in [4.78, 5) is 18.7. The molecule has 5 nitrogen and oxygen atoms in total. The monoisotopic (exact) mass is 337 g/mol. The predicted molar refractivity (Wildman–Crippen MR) is 96.6 cm³/mol. The molecule has 0 bridgehead atoms. The third-order valence-electron chi connectivity index (χ3n) is 5.43. The van der Waals surface area contributed by atoms with Gasteiger partial charge in [-0.2, -0.15) is 0 Å². The molecule has 1 saturated heterocycles. The fraction of sp³-hybridized carbons (Fsp3) is 0.400. The van der Waals surface area contributed by atoms with Crippen molar-refractivity contribution >= 4 is 11.7 Å². The molecule has 1 aromatic carbocycles. The van der Waals surface area contributed by atoms with Gasteiger partial charge in [0.05, 0.1) is 0 Å². The lowest BCUT2D eigenvalue weighted by Gasteiger charge is -2.23. The van der Waals surface area contributed by atoms with Crippen molar-refractivity contribution < 1.29 is 10.0 Å². The third-order valence-corrected chi connectivity index (χ3v) is 5.43. The minimum Gasteiger partial charge on any atom is -0.357 e. The van der Waals surface area contributed by atoms with E-state index in [-0.39, 0.29) is 11.8 Å². The topological polar surface area (TPSA) is 65.5 Å². The number of nitrogens with zero attached hydrogens (tertiary/aromatic N) is 2. The summed E-state index contributed by atoms with van der Waals surface area (Å²) in [5.74, 6) is 0.620. The van der Waals surface area contributed by atoms with Crippen molar-refractivity contribution in [2.24, 2.45) is 5.92 Å². The summed E-state index contributed by atoms with van der Waals surface area (Å²) in [7, 11) is 0. The van der Waals surface area contributed by atoms with Gasteiger partial charge in [-0.3, -0.25) is 10.0 Å². The molecule has 25 heavy (non-hydrogen) atoms. The Morgan fingerprint density at radius 2 is 1.92 bits per heavy atom. The van der Waals surface area contributed by atoms with Crippen LogP contribution in [0.2, 0.25) is 0 Å². The zero-order valence-electron chi connectivity index (χ0n) is 14.2. The quantitative estimate of drug-likeness (QED) is 0.667. The van der Waals surface area contributed by atoms with Gasteiger partial charge in [-0.1, -0.05) is 18.2 Å². The normalized spacial score (nSPS) is 19.6. The van der Waals surface area contributed by atoms with Crippen LogP contribution in [0.3, 0.4) is 0 Å². The molecule has 1 aromatic heterocycles. The van der Waals surface area contributed by atoms with Crippen molar-refractivity contribution in [3.63, 3.8) is 0 Å². The van der Waals surface area contributed by atoms with E-state index in [4.69, 9.17) is 5.21 Å². The number of benzene rings is 1. The number of carbonyl (C=O) groups excluding carboxylic acids is 1. The molecule has 2 heterocycles. The van der Waals surface area contributed by atoms with Gasteiger partial charge in [0.2, 0.25) is 5.91 Å². The van der Waals surface area contributed by atoms with Crippen molar-refractivity contribution in [2.75, 3.05) is 18.0 Å². The van der Waals surface area contributed by atoms with E-state index in [2.05, 4.69) is 40.2 Å². The Morgan fingerprint density at radius 3 is 2.64 bits per heavy atom. The van der Waals surface area contributed by atoms with Gasteiger partial charge in [0.1, 0.15) is 5.82 Å². The number of hydrogen-bond donors (Lipinski definition) is 2. The van der Waals surface area contributed by atoms with Gasteiger partial charge in [0.15, 0.2) is 0 Å². The minimum atomic E-state index is -0.285. The first-order chi connectivity index (χ1) is 12.2. The lowest BCUT2D eigenvalue weighted by Crippen LogP contribution is -2.31. The van der Waals surface area contributed by atoms with E-state index in [0.29, 0.717) is 6.42 Å². The van der Waals surface area contributed by atoms with Crippen molar-refractivity contribution in [1.82, 2.24) is 10.5 Å². The van der Waals surface area contributed by atoms with Crippen LogP contribution in [-0.4, -0.2) is 29.2 Å². The van der Waals surface area contributed by atoms with E-state index in [1.165, 1.54) is 24.0 Å². The van der Waals surface area contributed by atoms with Gasteiger partial charge in [0, 0.05) is 30.8 Å². The predicted octanol–water partition coefficient (Wildman–Crippen LogP) is 2.96. The number of aryl methyl sites for hydroxylation is 1. The smallest absolute Gasteiger partial charge is 0.246 e. The molecule has 0 radical (unpaired) electrons. The molecular weight excluding hydrogens is 314 g/mol. The Balaban J connectivity index is 1.56. The molecular formula is C20H23N3O2. The van der Waals surface area contributed by atoms with E-state index in [9.17, 15) is 4.79 Å². The fourth-order valence-electron chi connectivity index (χ4n) is 3.94. The lowest BCUT2D eigenvalue weighted by molar-refractivity contribution is -0.133. The largest absolute Gasteiger partial charge is 0.357 e. The van der Waals surface area contributed by atoms with Crippen LogP contribution in [-0.2, 0) is 17.6 Å². The number of pyridine rings is 1. The molecule has 5 heteroatoms. The molecule has 2 aliphatic rings. The van der Waals surface area contributed by atoms with Crippen LogP contribution in [0.1, 0.15) is 30.4 Å². The van der Waals surface area contributed by atoms with Crippen LogP contribution >= 0.6 is 0 Å². The minimum absolute atomic E-state index is 0.150. The third kappa shape index (κ3) is 3.24. The molecule has 0 spiro atoms. The fourth-order valence-corrected chi connectivity index (χ4v) is 3.94. The van der Waals surface area contributed by atoms with Gasteiger partial charge in [-0.05, 0) is 60.9 Å². The Kier molecular flexibility index (Phi) is 4.40. The van der Waals surface area contributed by atoms with Crippen molar-refractivity contribution in [3.05, 3.63) is 47.7 Å². The number of nitrogens with one attached hydrogen (secondary N) is 1. The summed E-state index contributed by atoms with van der Waals surface area (Å²) >= 11 is 0. The molecule has 0 saturated carbocycles. The van der Waals surface area contributed by atoms with Crippen molar-refractivity contribution in [1.29, 1.82) is 0 Å². The van der Waals surface area contributed by atoms with Crippen LogP contribution in [0.15, 0.2) is 36.5 Å². The molecule has 1 unspecified atom stereocenters. The Bertz CT molecular complexity index is 767. The molecule has 1 atom stereocenters. The number of fused-ring (bicyclic) bond motifs is 1. The first-order valence-electron chi connectivity index (χ1n) is 9.02. The highest BCUT2D eigenvalue weighted by atomic mass is 16.5. The second-order valence-electron chi connectivity index (χ2n) is 7.00. The molecule has 2 aromatic rings. The average Bonchev–Trinajstić information content (AvgIpc) is 3.21. The van der Waals surface area contributed by atoms with E-state index >= 15 is 0 Å². The van der Waals surface area contributed by atoms with Crippen LogP contribution in [0.4, 0.5) is 5.82 Å². The second kappa shape index (κ2) is 6.84. The molecule has 130 valence electrons. The first-order valence-corrected chi connectivity index (χ1v) is 9.02. The van der Waals surface area contributed by atoms with Crippen LogP contribution in [0, 0.1) is 5.92 Å². The van der Waals surface area contributed by atoms with Crippen LogP contribution in [0.25, 0.3) is 11.1 Å². The second-order valence-corrected chi connectivity index (χ2v) is 7.00. The summed E-state index contributed by atoms with van der Waals surface area (Å²) in [5, 5.41) is 8.87. The first kappa shape index (κ1) is 16.1. The van der Waals surface area contributed by atoms with Gasteiger partial charge < -0.3 is 4.90 Å².